The molecule has 0 unspecified atom stereocenters. The molecule has 0 bridgehead atoms. The zero-order chi connectivity index (χ0) is 29.5. The van der Waals surface area contributed by atoms with Crippen molar-refractivity contribution in [3.8, 4) is 22.6 Å². The highest BCUT2D eigenvalue weighted by Gasteiger charge is 2.34. The average molecular weight is 564 g/mol. The number of aliphatic carboxylic acids is 2. The summed E-state index contributed by atoms with van der Waals surface area (Å²) in [5.74, 6) is -1.06. The topological polar surface area (TPSA) is 113 Å². The predicted octanol–water partition coefficient (Wildman–Crippen LogP) is 5.78. The summed E-state index contributed by atoms with van der Waals surface area (Å²) in [6.07, 6.45) is 1.88. The lowest BCUT2D eigenvalue weighted by Gasteiger charge is -2.37. The van der Waals surface area contributed by atoms with Crippen molar-refractivity contribution in [1.29, 1.82) is 0 Å². The minimum atomic E-state index is -0.907. The monoisotopic (exact) mass is 563 g/mol. The quantitative estimate of drug-likeness (QED) is 0.254. The van der Waals surface area contributed by atoms with Gasteiger partial charge in [-0.05, 0) is 90.3 Å². The highest BCUT2D eigenvalue weighted by atomic mass is 19.1. The Labute approximate surface area is 238 Å². The van der Waals surface area contributed by atoms with Gasteiger partial charge in [0.25, 0.3) is 5.91 Å². The van der Waals surface area contributed by atoms with E-state index in [0.29, 0.717) is 42.7 Å². The molecule has 3 aromatic carbocycles. The fraction of sp³-hybridized carbons (Fsp3) is 0.344. The number of carboxylic acids is 2. The molecule has 216 valence electrons. The van der Waals surface area contributed by atoms with E-state index in [-0.39, 0.29) is 43.2 Å². The van der Waals surface area contributed by atoms with Crippen molar-refractivity contribution in [2.24, 2.45) is 0 Å². The van der Waals surface area contributed by atoms with Crippen LogP contribution in [0.15, 0.2) is 60.7 Å². The first kappa shape index (κ1) is 29.6. The summed E-state index contributed by atoms with van der Waals surface area (Å²) in [7, 11) is 3.35. The molecule has 1 fully saturated rings. The molecular weight excluding hydrogens is 529 g/mol. The number of nitrogens with zero attached hydrogens (tertiary/aromatic N) is 1. The second kappa shape index (κ2) is 13.3. The van der Waals surface area contributed by atoms with Crippen LogP contribution in [0.2, 0.25) is 0 Å². The molecule has 8 nitrogen and oxygen atoms in total. The molecular formula is C32H34FNO7. The lowest BCUT2D eigenvalue weighted by molar-refractivity contribution is -0.138. The Morgan fingerprint density at radius 3 is 2.29 bits per heavy atom. The summed E-state index contributed by atoms with van der Waals surface area (Å²) in [6, 6.07) is 17.0. The molecule has 0 heterocycles. The fourth-order valence-corrected chi connectivity index (χ4v) is 4.97. The number of ether oxygens (including phenoxy) is 2. The number of benzene rings is 3. The summed E-state index contributed by atoms with van der Waals surface area (Å²) in [4.78, 5) is 36.4. The summed E-state index contributed by atoms with van der Waals surface area (Å²) >= 11 is 0. The van der Waals surface area contributed by atoms with Gasteiger partial charge in [0.05, 0.1) is 12.7 Å². The molecule has 1 saturated carbocycles. The Balaban J connectivity index is 1.50. The maximum Gasteiger partial charge on any atom is 0.303 e. The third kappa shape index (κ3) is 7.84. The first-order valence-electron chi connectivity index (χ1n) is 13.6. The molecule has 1 aliphatic carbocycles. The molecule has 1 amide bonds. The first-order chi connectivity index (χ1) is 19.6. The largest absolute Gasteiger partial charge is 0.493 e. The molecule has 2 N–H and O–H groups in total. The third-order valence-corrected chi connectivity index (χ3v) is 7.13. The van der Waals surface area contributed by atoms with Gasteiger partial charge in [-0.15, -0.1) is 0 Å². The minimum Gasteiger partial charge on any atom is -0.493 e. The number of carboxylic acid groups (broad SMARTS) is 2. The molecule has 9 heteroatoms. The van der Waals surface area contributed by atoms with Gasteiger partial charge in [-0.1, -0.05) is 24.3 Å². The van der Waals surface area contributed by atoms with Gasteiger partial charge in [-0.3, -0.25) is 14.4 Å². The highest BCUT2D eigenvalue weighted by Crippen LogP contribution is 2.43. The molecule has 0 aromatic heterocycles. The van der Waals surface area contributed by atoms with Crippen LogP contribution >= 0.6 is 0 Å². The standard InChI is InChI=1S/C32H34FNO7/c1-34(2)32(39)23-15-21(20-8-10-24(33)11-9-20)16-25(19-23)41-26-17-22(18-26)27-5-3-6-29(28(27)12-13-31(37)38)40-14-4-7-30(35)36/h3,5-6,8-11,15-16,19,22,26H,4,7,12-14,17-18H2,1-2H3,(H,35,36)(H,37,38). The van der Waals surface area contributed by atoms with Crippen molar-refractivity contribution in [1.82, 2.24) is 4.90 Å². The summed E-state index contributed by atoms with van der Waals surface area (Å²) in [6.45, 7) is 0.227. The number of carbonyl (C=O) groups is 3. The van der Waals surface area contributed by atoms with E-state index in [9.17, 15) is 23.9 Å². The molecule has 0 spiro atoms. The molecule has 0 atom stereocenters. The van der Waals surface area contributed by atoms with Gasteiger partial charge >= 0.3 is 11.9 Å². The Kier molecular flexibility index (Phi) is 9.60. The molecule has 0 saturated heterocycles. The van der Waals surface area contributed by atoms with Gasteiger partial charge in [0, 0.05) is 32.5 Å². The van der Waals surface area contributed by atoms with Crippen molar-refractivity contribution in [2.45, 2.75) is 50.5 Å². The fourth-order valence-electron chi connectivity index (χ4n) is 4.97. The maximum atomic E-state index is 13.5. The van der Waals surface area contributed by atoms with Gasteiger partial charge in [-0.25, -0.2) is 4.39 Å². The van der Waals surface area contributed by atoms with Crippen LogP contribution in [0, 0.1) is 5.82 Å². The van der Waals surface area contributed by atoms with Crippen LogP contribution in [0.3, 0.4) is 0 Å². The number of halogens is 1. The number of rotatable bonds is 13. The van der Waals surface area contributed by atoms with Crippen molar-refractivity contribution < 1.29 is 38.5 Å². The van der Waals surface area contributed by atoms with Gasteiger partial charge in [-0.2, -0.15) is 0 Å². The second-order valence-electron chi connectivity index (χ2n) is 10.4. The Morgan fingerprint density at radius 2 is 1.63 bits per heavy atom. The van der Waals surface area contributed by atoms with E-state index < -0.39 is 11.9 Å². The number of hydrogen-bond donors (Lipinski definition) is 2. The highest BCUT2D eigenvalue weighted by molar-refractivity contribution is 5.95. The Bertz CT molecular complexity index is 1400. The number of carbonyl (C=O) groups excluding carboxylic acids is 1. The first-order valence-corrected chi connectivity index (χ1v) is 13.6. The van der Waals surface area contributed by atoms with Crippen LogP contribution in [0.1, 0.15) is 59.5 Å². The van der Waals surface area contributed by atoms with Gasteiger partial charge < -0.3 is 24.6 Å². The van der Waals surface area contributed by atoms with Crippen molar-refractivity contribution in [2.75, 3.05) is 20.7 Å². The zero-order valence-electron chi connectivity index (χ0n) is 23.1. The predicted molar refractivity (Wildman–Crippen MR) is 151 cm³/mol. The summed E-state index contributed by atoms with van der Waals surface area (Å²) in [5, 5.41) is 18.2. The number of amides is 1. The van der Waals surface area contributed by atoms with Gasteiger partial charge in [0.15, 0.2) is 0 Å². The molecule has 41 heavy (non-hydrogen) atoms. The van der Waals surface area contributed by atoms with E-state index in [1.807, 2.05) is 18.2 Å². The summed E-state index contributed by atoms with van der Waals surface area (Å²) < 4.78 is 25.7. The Hall–Kier alpha value is -4.40. The number of hydrogen-bond acceptors (Lipinski definition) is 5. The normalized spacial score (nSPS) is 16.0. The molecule has 1 aliphatic rings. The van der Waals surface area contributed by atoms with Crippen LogP contribution in [0.25, 0.3) is 11.1 Å². The van der Waals surface area contributed by atoms with E-state index in [4.69, 9.17) is 14.6 Å². The summed E-state index contributed by atoms with van der Waals surface area (Å²) in [5.41, 5.74) is 3.80. The molecule has 4 rings (SSSR count). The van der Waals surface area contributed by atoms with Crippen LogP contribution in [-0.4, -0.2) is 59.8 Å². The van der Waals surface area contributed by atoms with Crippen LogP contribution in [-0.2, 0) is 16.0 Å². The van der Waals surface area contributed by atoms with E-state index in [0.717, 1.165) is 22.3 Å². The maximum absolute atomic E-state index is 13.5. The lowest BCUT2D eigenvalue weighted by Crippen LogP contribution is -2.33. The third-order valence-electron chi connectivity index (χ3n) is 7.13. The average Bonchev–Trinajstić information content (AvgIpc) is 2.91. The SMILES string of the molecule is CN(C)C(=O)c1cc(OC2CC(c3cccc(OCCCC(=O)O)c3CCC(=O)O)C2)cc(-c2ccc(F)cc2)c1. The smallest absolute Gasteiger partial charge is 0.303 e. The van der Waals surface area contributed by atoms with Gasteiger partial charge in [0.1, 0.15) is 17.3 Å². The minimum absolute atomic E-state index is 0.00396. The van der Waals surface area contributed by atoms with E-state index in [1.165, 1.54) is 17.0 Å². The lowest BCUT2D eigenvalue weighted by atomic mass is 9.75. The molecule has 3 aromatic rings. The van der Waals surface area contributed by atoms with E-state index in [2.05, 4.69) is 0 Å². The molecule has 0 aliphatic heterocycles. The van der Waals surface area contributed by atoms with Gasteiger partial charge in [0.2, 0.25) is 0 Å². The van der Waals surface area contributed by atoms with E-state index in [1.54, 1.807) is 44.4 Å². The van der Waals surface area contributed by atoms with Crippen molar-refractivity contribution in [3.63, 3.8) is 0 Å². The van der Waals surface area contributed by atoms with Crippen LogP contribution in [0.4, 0.5) is 4.39 Å². The van der Waals surface area contributed by atoms with Crippen LogP contribution in [0.5, 0.6) is 11.5 Å². The zero-order valence-corrected chi connectivity index (χ0v) is 23.1. The Morgan fingerprint density at radius 1 is 0.927 bits per heavy atom. The van der Waals surface area contributed by atoms with E-state index >= 15 is 0 Å². The van der Waals surface area contributed by atoms with Crippen LogP contribution < -0.4 is 9.47 Å². The second-order valence-corrected chi connectivity index (χ2v) is 10.4. The molecule has 0 radical (unpaired) electrons. The van der Waals surface area contributed by atoms with Crippen molar-refractivity contribution >= 4 is 17.8 Å². The van der Waals surface area contributed by atoms with Crippen molar-refractivity contribution in [3.05, 3.63) is 83.2 Å².